The molecule has 3 nitrogen and oxygen atoms in total. The molecule has 0 amide bonds. The lowest BCUT2D eigenvalue weighted by Gasteiger charge is -2.38. The predicted octanol–water partition coefficient (Wildman–Crippen LogP) is 3.46. The zero-order valence-electron chi connectivity index (χ0n) is 11.9. The van der Waals surface area contributed by atoms with Crippen LogP contribution in [-0.4, -0.2) is 19.6 Å². The molecule has 1 aliphatic rings. The van der Waals surface area contributed by atoms with Gasteiger partial charge in [-0.05, 0) is 25.8 Å². The first-order valence-electron chi connectivity index (χ1n) is 6.89. The van der Waals surface area contributed by atoms with E-state index in [0.29, 0.717) is 18.1 Å². The molecule has 0 aliphatic heterocycles. The van der Waals surface area contributed by atoms with Crippen LogP contribution < -0.4 is 15.2 Å². The number of alkyl halides is 2. The van der Waals surface area contributed by atoms with E-state index in [4.69, 9.17) is 15.2 Å². The molecule has 20 heavy (non-hydrogen) atoms. The van der Waals surface area contributed by atoms with Crippen LogP contribution in [0.15, 0.2) is 18.2 Å². The maximum atomic E-state index is 13.3. The van der Waals surface area contributed by atoms with E-state index < -0.39 is 11.5 Å². The number of benzene rings is 1. The molecule has 112 valence electrons. The van der Waals surface area contributed by atoms with Crippen LogP contribution in [0.5, 0.6) is 11.5 Å². The highest BCUT2D eigenvalue weighted by atomic mass is 19.3. The number of hydrogen-bond donors (Lipinski definition) is 1. The first kappa shape index (κ1) is 15.0. The summed E-state index contributed by atoms with van der Waals surface area (Å²) in [4.78, 5) is 0. The van der Waals surface area contributed by atoms with Gasteiger partial charge in [-0.1, -0.05) is 12.1 Å². The third kappa shape index (κ3) is 2.87. The Labute approximate surface area is 118 Å². The van der Waals surface area contributed by atoms with Gasteiger partial charge >= 0.3 is 0 Å². The Morgan fingerprint density at radius 3 is 2.40 bits per heavy atom. The van der Waals surface area contributed by atoms with Crippen LogP contribution in [0.4, 0.5) is 8.78 Å². The smallest absolute Gasteiger partial charge is 0.248 e. The highest BCUT2D eigenvalue weighted by molar-refractivity contribution is 5.50. The minimum atomic E-state index is -2.60. The average molecular weight is 285 g/mol. The second kappa shape index (κ2) is 5.56. The lowest BCUT2D eigenvalue weighted by Crippen LogP contribution is -2.43. The molecule has 0 bridgehead atoms. The SMILES string of the molecule is CCOc1cccc(C2(N)CCC(F)(F)CC2)c1OC. The van der Waals surface area contributed by atoms with Crippen molar-refractivity contribution in [2.75, 3.05) is 13.7 Å². The van der Waals surface area contributed by atoms with Crippen LogP contribution in [0.25, 0.3) is 0 Å². The van der Waals surface area contributed by atoms with Crippen LogP contribution in [0.3, 0.4) is 0 Å². The van der Waals surface area contributed by atoms with E-state index in [1.807, 2.05) is 19.1 Å². The molecule has 5 heteroatoms. The highest BCUT2D eigenvalue weighted by Gasteiger charge is 2.43. The van der Waals surface area contributed by atoms with E-state index in [-0.39, 0.29) is 25.7 Å². The molecule has 1 aromatic carbocycles. The zero-order chi connectivity index (χ0) is 14.8. The predicted molar refractivity (Wildman–Crippen MR) is 73.4 cm³/mol. The van der Waals surface area contributed by atoms with Crippen molar-refractivity contribution in [2.24, 2.45) is 5.73 Å². The van der Waals surface area contributed by atoms with E-state index in [1.165, 1.54) is 0 Å². The van der Waals surface area contributed by atoms with Gasteiger partial charge in [0.05, 0.1) is 13.7 Å². The van der Waals surface area contributed by atoms with Gasteiger partial charge < -0.3 is 15.2 Å². The second-order valence-electron chi connectivity index (χ2n) is 5.28. The van der Waals surface area contributed by atoms with Crippen molar-refractivity contribution in [2.45, 2.75) is 44.1 Å². The molecule has 0 unspecified atom stereocenters. The number of ether oxygens (including phenoxy) is 2. The summed E-state index contributed by atoms with van der Waals surface area (Å²) >= 11 is 0. The van der Waals surface area contributed by atoms with Gasteiger partial charge in [0.15, 0.2) is 11.5 Å². The molecule has 1 saturated carbocycles. The summed E-state index contributed by atoms with van der Waals surface area (Å²) in [5, 5.41) is 0. The van der Waals surface area contributed by atoms with E-state index in [9.17, 15) is 8.78 Å². The van der Waals surface area contributed by atoms with Gasteiger partial charge in [0.2, 0.25) is 5.92 Å². The minimum absolute atomic E-state index is 0.189. The van der Waals surface area contributed by atoms with Crippen molar-refractivity contribution in [3.63, 3.8) is 0 Å². The topological polar surface area (TPSA) is 44.5 Å². The van der Waals surface area contributed by atoms with Gasteiger partial charge in [0.25, 0.3) is 0 Å². The monoisotopic (exact) mass is 285 g/mol. The summed E-state index contributed by atoms with van der Waals surface area (Å²) in [6.07, 6.45) is 0.106. The summed E-state index contributed by atoms with van der Waals surface area (Å²) in [5.74, 6) is -1.44. The number of halogens is 2. The lowest BCUT2D eigenvalue weighted by molar-refractivity contribution is -0.0516. The summed E-state index contributed by atoms with van der Waals surface area (Å²) in [6, 6.07) is 5.46. The van der Waals surface area contributed by atoms with Gasteiger partial charge in [0.1, 0.15) is 0 Å². The molecule has 1 aliphatic carbocycles. The summed E-state index contributed by atoms with van der Waals surface area (Å²) in [7, 11) is 1.54. The van der Waals surface area contributed by atoms with Crippen molar-refractivity contribution < 1.29 is 18.3 Å². The fraction of sp³-hybridized carbons (Fsp3) is 0.600. The van der Waals surface area contributed by atoms with Crippen molar-refractivity contribution in [1.82, 2.24) is 0 Å². The van der Waals surface area contributed by atoms with Crippen LogP contribution in [0.2, 0.25) is 0 Å². The highest BCUT2D eigenvalue weighted by Crippen LogP contribution is 2.46. The third-order valence-electron chi connectivity index (χ3n) is 3.89. The number of rotatable bonds is 4. The van der Waals surface area contributed by atoms with Gasteiger partial charge in [-0.25, -0.2) is 8.78 Å². The normalized spacial score (nSPS) is 20.4. The fourth-order valence-electron chi connectivity index (χ4n) is 2.72. The molecule has 2 rings (SSSR count). The van der Waals surface area contributed by atoms with E-state index >= 15 is 0 Å². The molecule has 0 saturated heterocycles. The molecule has 0 atom stereocenters. The van der Waals surface area contributed by atoms with Crippen LogP contribution >= 0.6 is 0 Å². The standard InChI is InChI=1S/C15H21F2NO2/c1-3-20-12-6-4-5-11(13(12)19-2)14(18)7-9-15(16,17)10-8-14/h4-6H,3,7-10,18H2,1-2H3. The summed E-state index contributed by atoms with van der Waals surface area (Å²) in [6.45, 7) is 2.39. The van der Waals surface area contributed by atoms with E-state index in [0.717, 1.165) is 5.56 Å². The summed E-state index contributed by atoms with van der Waals surface area (Å²) < 4.78 is 37.6. The Balaban J connectivity index is 2.34. The Morgan fingerprint density at radius 1 is 1.20 bits per heavy atom. The maximum Gasteiger partial charge on any atom is 0.248 e. The average Bonchev–Trinajstić information content (AvgIpc) is 2.43. The number of para-hydroxylation sites is 1. The quantitative estimate of drug-likeness (QED) is 0.921. The minimum Gasteiger partial charge on any atom is -0.493 e. The van der Waals surface area contributed by atoms with Crippen LogP contribution in [0.1, 0.15) is 38.2 Å². The molecule has 0 aromatic heterocycles. The van der Waals surface area contributed by atoms with Crippen LogP contribution in [0, 0.1) is 0 Å². The van der Waals surface area contributed by atoms with Crippen molar-refractivity contribution in [1.29, 1.82) is 0 Å². The molecule has 0 heterocycles. The first-order valence-corrected chi connectivity index (χ1v) is 6.89. The number of methoxy groups -OCH3 is 1. The Kier molecular flexibility index (Phi) is 4.18. The number of hydrogen-bond acceptors (Lipinski definition) is 3. The van der Waals surface area contributed by atoms with Crippen molar-refractivity contribution >= 4 is 0 Å². The molecule has 0 radical (unpaired) electrons. The fourth-order valence-corrected chi connectivity index (χ4v) is 2.72. The van der Waals surface area contributed by atoms with Gasteiger partial charge in [-0.2, -0.15) is 0 Å². The van der Waals surface area contributed by atoms with E-state index in [1.54, 1.807) is 13.2 Å². The molecular formula is C15H21F2NO2. The number of nitrogens with two attached hydrogens (primary N) is 1. The summed E-state index contributed by atoms with van der Waals surface area (Å²) in [5.41, 5.74) is 6.35. The van der Waals surface area contributed by atoms with E-state index in [2.05, 4.69) is 0 Å². The molecule has 1 aromatic rings. The Morgan fingerprint density at radius 2 is 1.85 bits per heavy atom. The largest absolute Gasteiger partial charge is 0.493 e. The van der Waals surface area contributed by atoms with Crippen LogP contribution in [-0.2, 0) is 5.54 Å². The molecular weight excluding hydrogens is 264 g/mol. The lowest BCUT2D eigenvalue weighted by atomic mass is 9.75. The Bertz CT molecular complexity index is 467. The van der Waals surface area contributed by atoms with Gasteiger partial charge in [-0.3, -0.25) is 0 Å². The maximum absolute atomic E-state index is 13.3. The molecule has 0 spiro atoms. The van der Waals surface area contributed by atoms with Gasteiger partial charge in [-0.15, -0.1) is 0 Å². The Hall–Kier alpha value is -1.36. The molecule has 2 N–H and O–H groups in total. The zero-order valence-corrected chi connectivity index (χ0v) is 11.9. The second-order valence-corrected chi connectivity index (χ2v) is 5.28. The third-order valence-corrected chi connectivity index (χ3v) is 3.89. The molecule has 1 fully saturated rings. The van der Waals surface area contributed by atoms with Gasteiger partial charge in [0, 0.05) is 23.9 Å². The van der Waals surface area contributed by atoms with Crippen molar-refractivity contribution in [3.8, 4) is 11.5 Å². The van der Waals surface area contributed by atoms with Crippen molar-refractivity contribution in [3.05, 3.63) is 23.8 Å². The first-order chi connectivity index (χ1) is 9.42.